The zero-order valence-corrected chi connectivity index (χ0v) is 17.1. The Hall–Kier alpha value is -3.26. The molecular formula is C21H20N4O3S. The first-order valence-corrected chi connectivity index (χ1v) is 10.1. The summed E-state index contributed by atoms with van der Waals surface area (Å²) in [5.74, 6) is -0.111. The molecule has 2 N–H and O–H groups in total. The van der Waals surface area contributed by atoms with Crippen LogP contribution in [-0.2, 0) is 6.42 Å². The highest BCUT2D eigenvalue weighted by molar-refractivity contribution is 7.16. The van der Waals surface area contributed by atoms with Gasteiger partial charge in [0.1, 0.15) is 11.1 Å². The molecule has 148 valence electrons. The number of carbonyl (C=O) groups excluding carboxylic acids is 1. The first-order valence-electron chi connectivity index (χ1n) is 9.32. The van der Waals surface area contributed by atoms with Crippen LogP contribution in [0.4, 0.5) is 5.13 Å². The SMILES string of the molecule is CCCc1ccc(-c2nc(NC(=O)c3c(C)oc4nc[nH]c(=O)c34)sc2C)cc1. The molecule has 0 saturated carbocycles. The van der Waals surface area contributed by atoms with E-state index in [1.165, 1.54) is 23.2 Å². The summed E-state index contributed by atoms with van der Waals surface area (Å²) in [5, 5.41) is 3.40. The summed E-state index contributed by atoms with van der Waals surface area (Å²) >= 11 is 1.39. The van der Waals surface area contributed by atoms with Crippen molar-refractivity contribution < 1.29 is 9.21 Å². The Morgan fingerprint density at radius 1 is 1.24 bits per heavy atom. The van der Waals surface area contributed by atoms with Gasteiger partial charge in [-0.05, 0) is 25.8 Å². The van der Waals surface area contributed by atoms with Gasteiger partial charge in [0.25, 0.3) is 11.5 Å². The van der Waals surface area contributed by atoms with Crippen LogP contribution in [0.5, 0.6) is 0 Å². The number of furan rings is 1. The molecule has 1 aromatic carbocycles. The molecule has 29 heavy (non-hydrogen) atoms. The van der Waals surface area contributed by atoms with E-state index in [9.17, 15) is 9.59 Å². The van der Waals surface area contributed by atoms with E-state index >= 15 is 0 Å². The van der Waals surface area contributed by atoms with Crippen LogP contribution in [0.1, 0.15) is 39.9 Å². The number of anilines is 1. The fourth-order valence-electron chi connectivity index (χ4n) is 3.32. The highest BCUT2D eigenvalue weighted by atomic mass is 32.1. The van der Waals surface area contributed by atoms with Crippen molar-refractivity contribution in [3.63, 3.8) is 0 Å². The number of aryl methyl sites for hydroxylation is 3. The van der Waals surface area contributed by atoms with E-state index in [0.29, 0.717) is 10.9 Å². The van der Waals surface area contributed by atoms with Crippen LogP contribution < -0.4 is 10.9 Å². The topological polar surface area (TPSA) is 101 Å². The van der Waals surface area contributed by atoms with Crippen LogP contribution >= 0.6 is 11.3 Å². The molecule has 0 bridgehead atoms. The van der Waals surface area contributed by atoms with Crippen molar-refractivity contribution in [2.75, 3.05) is 5.32 Å². The normalized spacial score (nSPS) is 11.1. The first kappa shape index (κ1) is 19.1. The number of hydrogen-bond acceptors (Lipinski definition) is 6. The third-order valence-corrected chi connectivity index (χ3v) is 5.57. The predicted octanol–water partition coefficient (Wildman–Crippen LogP) is 4.46. The number of aromatic nitrogens is 3. The van der Waals surface area contributed by atoms with Crippen molar-refractivity contribution in [3.05, 3.63) is 62.7 Å². The van der Waals surface area contributed by atoms with E-state index in [1.807, 2.05) is 6.92 Å². The third-order valence-electron chi connectivity index (χ3n) is 4.68. The van der Waals surface area contributed by atoms with Gasteiger partial charge in [0, 0.05) is 10.4 Å². The molecule has 3 aromatic heterocycles. The molecule has 8 heteroatoms. The number of H-pyrrole nitrogens is 1. The molecule has 1 amide bonds. The standard InChI is InChI=1S/C21H20N4O3S/c1-4-5-13-6-8-14(9-7-13)17-12(3)29-21(24-17)25-19(27)15-11(2)28-20-16(15)18(26)22-10-23-20/h6-10H,4-5H2,1-3H3,(H,22,23,26)(H,24,25,27). The highest BCUT2D eigenvalue weighted by Gasteiger charge is 2.23. The van der Waals surface area contributed by atoms with E-state index in [4.69, 9.17) is 4.42 Å². The molecule has 4 aromatic rings. The maximum absolute atomic E-state index is 12.9. The van der Waals surface area contributed by atoms with Crippen molar-refractivity contribution in [1.82, 2.24) is 15.0 Å². The van der Waals surface area contributed by atoms with Crippen molar-refractivity contribution in [2.24, 2.45) is 0 Å². The van der Waals surface area contributed by atoms with Crippen molar-refractivity contribution >= 4 is 33.5 Å². The van der Waals surface area contributed by atoms with Crippen LogP contribution in [0, 0.1) is 13.8 Å². The van der Waals surface area contributed by atoms with E-state index in [1.54, 1.807) is 6.92 Å². The Bertz CT molecular complexity index is 1250. The molecule has 0 aliphatic rings. The van der Waals surface area contributed by atoms with Crippen molar-refractivity contribution in [2.45, 2.75) is 33.6 Å². The molecule has 0 atom stereocenters. The minimum Gasteiger partial charge on any atom is -0.442 e. The molecule has 0 fully saturated rings. The van der Waals surface area contributed by atoms with Gasteiger partial charge in [-0.3, -0.25) is 14.9 Å². The van der Waals surface area contributed by atoms with Crippen LogP contribution in [0.3, 0.4) is 0 Å². The van der Waals surface area contributed by atoms with Crippen molar-refractivity contribution in [3.8, 4) is 11.3 Å². The second kappa shape index (κ2) is 7.63. The molecular weight excluding hydrogens is 388 g/mol. The molecule has 0 spiro atoms. The minimum absolute atomic E-state index is 0.138. The van der Waals surface area contributed by atoms with Gasteiger partial charge in [-0.25, -0.2) is 9.97 Å². The molecule has 7 nitrogen and oxygen atoms in total. The second-order valence-electron chi connectivity index (χ2n) is 6.77. The maximum atomic E-state index is 12.9. The summed E-state index contributed by atoms with van der Waals surface area (Å²) in [6.07, 6.45) is 3.40. The Morgan fingerprint density at radius 2 is 2.00 bits per heavy atom. The van der Waals surface area contributed by atoms with Gasteiger partial charge in [0.15, 0.2) is 5.13 Å². The fourth-order valence-corrected chi connectivity index (χ4v) is 4.15. The smallest absolute Gasteiger partial charge is 0.262 e. The number of aromatic amines is 1. The number of benzene rings is 1. The van der Waals surface area contributed by atoms with Gasteiger partial charge in [0.2, 0.25) is 5.71 Å². The molecule has 3 heterocycles. The summed E-state index contributed by atoms with van der Waals surface area (Å²) < 4.78 is 5.46. The molecule has 0 radical (unpaired) electrons. The Morgan fingerprint density at radius 3 is 2.72 bits per heavy atom. The molecule has 0 aliphatic heterocycles. The van der Waals surface area contributed by atoms with Crippen LogP contribution in [0.25, 0.3) is 22.4 Å². The maximum Gasteiger partial charge on any atom is 0.262 e. The summed E-state index contributed by atoms with van der Waals surface area (Å²) in [5.41, 5.74) is 3.03. The Balaban J connectivity index is 1.63. The molecule has 0 saturated heterocycles. The fraction of sp³-hybridized carbons (Fsp3) is 0.238. The van der Waals surface area contributed by atoms with E-state index < -0.39 is 11.5 Å². The monoisotopic (exact) mass is 408 g/mol. The zero-order valence-electron chi connectivity index (χ0n) is 16.3. The average molecular weight is 408 g/mol. The largest absolute Gasteiger partial charge is 0.442 e. The number of fused-ring (bicyclic) bond motifs is 1. The van der Waals surface area contributed by atoms with Gasteiger partial charge in [-0.2, -0.15) is 0 Å². The molecule has 0 aliphatic carbocycles. The highest BCUT2D eigenvalue weighted by Crippen LogP contribution is 2.31. The number of hydrogen-bond donors (Lipinski definition) is 2. The average Bonchev–Trinajstić information content (AvgIpc) is 3.22. The first-order chi connectivity index (χ1) is 14.0. The number of amides is 1. The van der Waals surface area contributed by atoms with Crippen LogP contribution in [-0.4, -0.2) is 20.9 Å². The van der Waals surface area contributed by atoms with E-state index in [-0.39, 0.29) is 16.7 Å². The number of rotatable bonds is 5. The van der Waals surface area contributed by atoms with Gasteiger partial charge >= 0.3 is 0 Å². The molecule has 4 rings (SSSR count). The Labute approximate surface area is 170 Å². The second-order valence-corrected chi connectivity index (χ2v) is 7.97. The molecule has 0 unspecified atom stereocenters. The summed E-state index contributed by atoms with van der Waals surface area (Å²) in [6, 6.07) is 8.32. The minimum atomic E-state index is -0.446. The van der Waals surface area contributed by atoms with E-state index in [2.05, 4.69) is 51.5 Å². The van der Waals surface area contributed by atoms with Crippen LogP contribution in [0.2, 0.25) is 0 Å². The van der Waals surface area contributed by atoms with Gasteiger partial charge in [0.05, 0.1) is 17.6 Å². The summed E-state index contributed by atoms with van der Waals surface area (Å²) in [6.45, 7) is 5.75. The quantitative estimate of drug-likeness (QED) is 0.508. The number of nitrogens with one attached hydrogen (secondary N) is 2. The van der Waals surface area contributed by atoms with Crippen molar-refractivity contribution in [1.29, 1.82) is 0 Å². The lowest BCUT2D eigenvalue weighted by Crippen LogP contribution is -2.16. The zero-order chi connectivity index (χ0) is 20.5. The Kier molecular flexibility index (Phi) is 5.02. The number of carbonyl (C=O) groups is 1. The van der Waals surface area contributed by atoms with E-state index in [0.717, 1.165) is 29.0 Å². The number of thiazole rings is 1. The predicted molar refractivity (Wildman–Crippen MR) is 114 cm³/mol. The number of nitrogens with zero attached hydrogens (tertiary/aromatic N) is 2. The summed E-state index contributed by atoms with van der Waals surface area (Å²) in [4.78, 5) is 37.0. The van der Waals surface area contributed by atoms with Crippen LogP contribution in [0.15, 0.2) is 39.8 Å². The third kappa shape index (κ3) is 3.58. The lowest BCUT2D eigenvalue weighted by atomic mass is 10.1. The van der Waals surface area contributed by atoms with Gasteiger partial charge in [-0.1, -0.05) is 37.6 Å². The lowest BCUT2D eigenvalue weighted by Gasteiger charge is -2.02. The van der Waals surface area contributed by atoms with Gasteiger partial charge < -0.3 is 9.40 Å². The van der Waals surface area contributed by atoms with Gasteiger partial charge in [-0.15, -0.1) is 11.3 Å². The summed E-state index contributed by atoms with van der Waals surface area (Å²) in [7, 11) is 0. The lowest BCUT2D eigenvalue weighted by molar-refractivity contribution is 0.102.